The maximum atomic E-state index is 14.3. The van der Waals surface area contributed by atoms with Crippen LogP contribution in [-0.2, 0) is 25.7 Å². The third-order valence-corrected chi connectivity index (χ3v) is 8.66. The Morgan fingerprint density at radius 1 is 0.923 bits per heavy atom. The van der Waals surface area contributed by atoms with Crippen LogP contribution in [0.1, 0.15) is 12.5 Å². The van der Waals surface area contributed by atoms with Gasteiger partial charge in [-0.15, -0.1) is 0 Å². The average Bonchev–Trinajstić information content (AvgIpc) is 3.18. The van der Waals surface area contributed by atoms with Crippen LogP contribution in [0.15, 0.2) is 78.9 Å². The monoisotopic (exact) mass is 547 g/mol. The van der Waals surface area contributed by atoms with Crippen LogP contribution in [0.4, 0.5) is 5.69 Å². The van der Waals surface area contributed by atoms with Crippen LogP contribution >= 0.6 is 11.6 Å². The van der Waals surface area contributed by atoms with Gasteiger partial charge in [0.05, 0.1) is 34.8 Å². The van der Waals surface area contributed by atoms with Crippen molar-refractivity contribution in [2.24, 2.45) is 11.8 Å². The van der Waals surface area contributed by atoms with Gasteiger partial charge in [-0.1, -0.05) is 78.4 Å². The van der Waals surface area contributed by atoms with Gasteiger partial charge in [0.25, 0.3) is 5.91 Å². The van der Waals surface area contributed by atoms with E-state index in [9.17, 15) is 19.5 Å². The maximum absolute atomic E-state index is 14.3. The van der Waals surface area contributed by atoms with Gasteiger partial charge in [0.2, 0.25) is 11.8 Å². The summed E-state index contributed by atoms with van der Waals surface area (Å²) in [7, 11) is 0. The predicted octanol–water partition coefficient (Wildman–Crippen LogP) is 2.80. The molecule has 3 amide bonds. The lowest BCUT2D eigenvalue weighted by Gasteiger charge is -2.37. The number of halogens is 1. The first kappa shape index (κ1) is 25.8. The molecular weight excluding hydrogens is 518 g/mol. The number of carbonyl (C=O) groups is 3. The van der Waals surface area contributed by atoms with E-state index in [1.165, 1.54) is 9.80 Å². The molecule has 1 unspecified atom stereocenters. The fraction of sp³-hybridized carbons (Fsp3) is 0.367. The van der Waals surface area contributed by atoms with E-state index in [2.05, 4.69) is 0 Å². The molecule has 8 nitrogen and oxygen atoms in total. The van der Waals surface area contributed by atoms with E-state index in [0.29, 0.717) is 23.8 Å². The Morgan fingerprint density at radius 3 is 2.38 bits per heavy atom. The first-order chi connectivity index (χ1) is 18.8. The predicted molar refractivity (Wildman–Crippen MR) is 146 cm³/mol. The second-order valence-electron chi connectivity index (χ2n) is 10.7. The fourth-order valence-electron chi connectivity index (χ4n) is 6.75. The van der Waals surface area contributed by atoms with Crippen LogP contribution in [0, 0.1) is 11.8 Å². The molecule has 0 aliphatic carbocycles. The molecule has 0 bridgehead atoms. The van der Waals surface area contributed by atoms with Gasteiger partial charge in [0.15, 0.2) is 0 Å². The van der Waals surface area contributed by atoms with Gasteiger partial charge in [-0.3, -0.25) is 14.4 Å². The molecule has 4 heterocycles. The molecule has 0 radical (unpaired) electrons. The number of hydrogen-bond acceptors (Lipinski definition) is 5. The largest absolute Gasteiger partial charge is 0.395 e. The number of aliphatic hydroxyl groups excluding tert-OH is 1. The second-order valence-corrected chi connectivity index (χ2v) is 11.1. The first-order valence-electron chi connectivity index (χ1n) is 13.2. The minimum absolute atomic E-state index is 0.0533. The van der Waals surface area contributed by atoms with E-state index >= 15 is 0 Å². The highest BCUT2D eigenvalue weighted by atomic mass is 35.5. The second kappa shape index (κ2) is 9.62. The Morgan fingerprint density at radius 2 is 1.64 bits per heavy atom. The minimum atomic E-state index is -1.38. The smallest absolute Gasteiger partial charge is 0.253 e. The van der Waals surface area contributed by atoms with Crippen molar-refractivity contribution in [2.75, 3.05) is 31.1 Å². The maximum Gasteiger partial charge on any atom is 0.253 e. The van der Waals surface area contributed by atoms with E-state index in [1.807, 2.05) is 55.5 Å². The van der Waals surface area contributed by atoms with Crippen molar-refractivity contribution in [3.05, 3.63) is 89.5 Å². The summed E-state index contributed by atoms with van der Waals surface area (Å²) in [6.45, 7) is 2.44. The number of aliphatic hydroxyl groups is 1. The van der Waals surface area contributed by atoms with E-state index in [4.69, 9.17) is 16.3 Å². The number of fused-ring (bicyclic) bond motifs is 2. The van der Waals surface area contributed by atoms with Crippen molar-refractivity contribution in [3.63, 3.8) is 0 Å². The highest BCUT2D eigenvalue weighted by Gasteiger charge is 2.74. The van der Waals surface area contributed by atoms with Crippen LogP contribution in [0.25, 0.3) is 0 Å². The van der Waals surface area contributed by atoms with Crippen LogP contribution in [-0.4, -0.2) is 76.1 Å². The number of likely N-dealkylation sites (tertiary alicyclic amines) is 1. The molecule has 4 aliphatic heterocycles. The summed E-state index contributed by atoms with van der Waals surface area (Å²) in [6.07, 6.45) is 7.37. The van der Waals surface area contributed by atoms with Crippen molar-refractivity contribution in [1.29, 1.82) is 0 Å². The van der Waals surface area contributed by atoms with Crippen molar-refractivity contribution < 1.29 is 24.2 Å². The molecule has 6 rings (SSSR count). The van der Waals surface area contributed by atoms with Crippen molar-refractivity contribution in [2.45, 2.75) is 30.7 Å². The molecule has 4 aliphatic rings. The zero-order chi connectivity index (χ0) is 27.4. The molecule has 5 atom stereocenters. The molecular formula is C30H30ClN3O5. The van der Waals surface area contributed by atoms with E-state index in [1.54, 1.807) is 35.2 Å². The van der Waals surface area contributed by atoms with Crippen molar-refractivity contribution in [1.82, 2.24) is 9.80 Å². The summed E-state index contributed by atoms with van der Waals surface area (Å²) in [5, 5.41) is 10.3. The lowest BCUT2D eigenvalue weighted by Crippen LogP contribution is -2.56. The number of amides is 3. The molecule has 2 fully saturated rings. The number of ether oxygens (including phenoxy) is 1. The van der Waals surface area contributed by atoms with Crippen LogP contribution in [0.3, 0.4) is 0 Å². The summed E-state index contributed by atoms with van der Waals surface area (Å²) in [4.78, 5) is 47.3. The molecule has 0 aromatic heterocycles. The van der Waals surface area contributed by atoms with E-state index < -0.39 is 29.1 Å². The Bertz CT molecular complexity index is 1380. The highest BCUT2D eigenvalue weighted by molar-refractivity contribution is 6.34. The quantitative estimate of drug-likeness (QED) is 0.581. The fourth-order valence-corrected chi connectivity index (χ4v) is 6.99. The van der Waals surface area contributed by atoms with E-state index in [-0.39, 0.29) is 37.4 Å². The van der Waals surface area contributed by atoms with Crippen molar-refractivity contribution in [3.8, 4) is 0 Å². The molecule has 1 N–H and O–H groups in total. The number of benzene rings is 2. The highest BCUT2D eigenvalue weighted by Crippen LogP contribution is 2.57. The molecule has 2 aromatic rings. The summed E-state index contributed by atoms with van der Waals surface area (Å²) < 4.78 is 6.78. The lowest BCUT2D eigenvalue weighted by atomic mass is 9.74. The molecule has 0 saturated carbocycles. The van der Waals surface area contributed by atoms with Gasteiger partial charge in [0.1, 0.15) is 11.6 Å². The third-order valence-electron chi connectivity index (χ3n) is 8.34. The van der Waals surface area contributed by atoms with Crippen LogP contribution in [0.2, 0.25) is 5.02 Å². The topological polar surface area (TPSA) is 90.4 Å². The molecule has 1 spiro atoms. The van der Waals surface area contributed by atoms with Gasteiger partial charge >= 0.3 is 0 Å². The van der Waals surface area contributed by atoms with Crippen molar-refractivity contribution >= 4 is 35.0 Å². The number of hydrogen-bond donors (Lipinski definition) is 1. The molecule has 39 heavy (non-hydrogen) atoms. The normalized spacial score (nSPS) is 31.7. The average molecular weight is 548 g/mol. The summed E-state index contributed by atoms with van der Waals surface area (Å²) >= 11 is 6.47. The SMILES string of the molecule is C[C@@]12C=CCN(Cc3ccccc3)C(=O)[C@@H]1[C@H]1C(=O)N(CCO)C3C(=O)N(c4ccccc4Cl)CC=C[C@@]31O2. The van der Waals surface area contributed by atoms with Crippen LogP contribution < -0.4 is 4.90 Å². The van der Waals surface area contributed by atoms with Gasteiger partial charge in [0, 0.05) is 26.2 Å². The minimum Gasteiger partial charge on any atom is -0.395 e. The first-order valence-corrected chi connectivity index (χ1v) is 13.5. The molecule has 2 saturated heterocycles. The Kier molecular flexibility index (Phi) is 6.37. The van der Waals surface area contributed by atoms with Gasteiger partial charge in [-0.2, -0.15) is 0 Å². The standard InChI is InChI=1S/C30H30ClN3O5/c1-29-13-7-15-32(19-20-9-3-2-4-10-20)26(36)23(29)24-27(37)34(17-18-35)25-28(38)33(16-8-14-30(24,25)39-29)22-12-6-5-11-21(22)31/h2-14,23-25,35H,15-19H2,1H3/t23-,24-,25?,29+,30-/m0/s1. The number of para-hydroxylation sites is 1. The number of carbonyl (C=O) groups excluding carboxylic acids is 3. The molecule has 202 valence electrons. The van der Waals surface area contributed by atoms with Crippen LogP contribution in [0.5, 0.6) is 0 Å². The van der Waals surface area contributed by atoms with E-state index in [0.717, 1.165) is 5.56 Å². The third kappa shape index (κ3) is 3.92. The van der Waals surface area contributed by atoms with Gasteiger partial charge < -0.3 is 24.5 Å². The number of rotatable bonds is 5. The Balaban J connectivity index is 1.43. The lowest BCUT2D eigenvalue weighted by molar-refractivity contribution is -0.149. The summed E-state index contributed by atoms with van der Waals surface area (Å²) in [5.74, 6) is -2.71. The zero-order valence-corrected chi connectivity index (χ0v) is 22.3. The summed E-state index contributed by atoms with van der Waals surface area (Å²) in [6, 6.07) is 15.7. The summed E-state index contributed by atoms with van der Waals surface area (Å²) in [5.41, 5.74) is -0.978. The zero-order valence-electron chi connectivity index (χ0n) is 21.6. The van der Waals surface area contributed by atoms with Gasteiger partial charge in [-0.25, -0.2) is 0 Å². The molecule has 2 aromatic carbocycles. The Labute approximate surface area is 232 Å². The van der Waals surface area contributed by atoms with Gasteiger partial charge in [-0.05, 0) is 24.6 Å². The molecule has 9 heteroatoms. The number of β-amino-alcohol motifs (C(OH)–C–C–N with tert-alkyl or cyclic N) is 1. The number of anilines is 1. The Hall–Kier alpha value is -3.46. The number of nitrogens with zero attached hydrogens (tertiary/aromatic N) is 3.